The molecule has 1 heterocycles. The smallest absolute Gasteiger partial charge is 0.319 e. The van der Waals surface area contributed by atoms with Crippen LogP contribution in [0.3, 0.4) is 0 Å². The quantitative estimate of drug-likeness (QED) is 0.755. The maximum absolute atomic E-state index is 12.0. The minimum atomic E-state index is -1.06. The van der Waals surface area contributed by atoms with E-state index in [0.717, 1.165) is 21.9 Å². The van der Waals surface area contributed by atoms with Gasteiger partial charge < -0.3 is 15.7 Å². The molecule has 1 aromatic carbocycles. The lowest BCUT2D eigenvalue weighted by molar-refractivity contribution is 0.0637. The second-order valence-electron chi connectivity index (χ2n) is 5.19. The third-order valence-electron chi connectivity index (χ3n) is 3.14. The van der Waals surface area contributed by atoms with Gasteiger partial charge in [0.25, 0.3) is 0 Å². The summed E-state index contributed by atoms with van der Waals surface area (Å²) in [5.74, 6) is 0.907. The van der Waals surface area contributed by atoms with Crippen molar-refractivity contribution in [2.75, 3.05) is 18.1 Å². The number of carbonyl (C=O) groups is 1. The number of anilines is 1. The molecular weight excluding hydrogens is 316 g/mol. The molecule has 0 saturated carbocycles. The fraction of sp³-hybridized carbons (Fsp3) is 0.312. The van der Waals surface area contributed by atoms with Crippen LogP contribution in [0.1, 0.15) is 17.4 Å². The molecule has 1 aromatic heterocycles. The van der Waals surface area contributed by atoms with Gasteiger partial charge in [-0.05, 0) is 42.3 Å². The fourth-order valence-electron chi connectivity index (χ4n) is 2.01. The third kappa shape index (κ3) is 4.76. The van der Waals surface area contributed by atoms with Crippen LogP contribution < -0.4 is 10.6 Å². The van der Waals surface area contributed by atoms with E-state index in [4.69, 9.17) is 0 Å². The van der Waals surface area contributed by atoms with Crippen molar-refractivity contribution in [3.8, 4) is 0 Å². The van der Waals surface area contributed by atoms with E-state index in [0.29, 0.717) is 0 Å². The van der Waals surface area contributed by atoms with Crippen LogP contribution in [0.5, 0.6) is 0 Å². The first kappa shape index (κ1) is 16.9. The van der Waals surface area contributed by atoms with Gasteiger partial charge in [-0.2, -0.15) is 11.8 Å². The Kier molecular flexibility index (Phi) is 5.88. The Hall–Kier alpha value is -1.50. The van der Waals surface area contributed by atoms with Crippen molar-refractivity contribution in [2.45, 2.75) is 18.3 Å². The van der Waals surface area contributed by atoms with E-state index >= 15 is 0 Å². The highest BCUT2D eigenvalue weighted by atomic mass is 32.2. The van der Waals surface area contributed by atoms with Crippen LogP contribution in [0, 0.1) is 0 Å². The van der Waals surface area contributed by atoms with Crippen LogP contribution >= 0.6 is 23.1 Å². The van der Waals surface area contributed by atoms with Crippen LogP contribution in [-0.2, 0) is 11.4 Å². The summed E-state index contributed by atoms with van der Waals surface area (Å²) in [5.41, 5.74) is 0.849. The van der Waals surface area contributed by atoms with E-state index in [9.17, 15) is 9.90 Å². The lowest BCUT2D eigenvalue weighted by Gasteiger charge is -2.22. The van der Waals surface area contributed by atoms with Crippen molar-refractivity contribution >= 4 is 34.8 Å². The van der Waals surface area contributed by atoms with Gasteiger partial charge in [0.1, 0.15) is 5.60 Å². The van der Waals surface area contributed by atoms with Crippen LogP contribution in [0.4, 0.5) is 10.5 Å². The highest BCUT2D eigenvalue weighted by Crippen LogP contribution is 2.24. The van der Waals surface area contributed by atoms with Gasteiger partial charge in [-0.3, -0.25) is 0 Å². The monoisotopic (exact) mass is 336 g/mol. The second-order valence-corrected chi connectivity index (χ2v) is 7.01. The molecular formula is C16H20N2O2S2. The number of hydrogen-bond donors (Lipinski definition) is 3. The van der Waals surface area contributed by atoms with E-state index in [-0.39, 0.29) is 12.6 Å². The molecule has 1 atom stereocenters. The van der Waals surface area contributed by atoms with Crippen molar-refractivity contribution < 1.29 is 9.90 Å². The van der Waals surface area contributed by atoms with E-state index < -0.39 is 5.60 Å². The average Bonchev–Trinajstić information content (AvgIpc) is 3.01. The number of aliphatic hydroxyl groups is 1. The molecule has 0 unspecified atom stereocenters. The van der Waals surface area contributed by atoms with Gasteiger partial charge in [0.15, 0.2) is 0 Å². The van der Waals surface area contributed by atoms with Gasteiger partial charge in [-0.1, -0.05) is 18.2 Å². The molecule has 0 bridgehead atoms. The zero-order valence-corrected chi connectivity index (χ0v) is 14.3. The lowest BCUT2D eigenvalue weighted by atomic mass is 10.1. The predicted octanol–water partition coefficient (Wildman–Crippen LogP) is 3.64. The largest absolute Gasteiger partial charge is 0.383 e. The number of thiophene rings is 1. The summed E-state index contributed by atoms with van der Waals surface area (Å²) in [5, 5.41) is 17.8. The van der Waals surface area contributed by atoms with Gasteiger partial charge in [0.05, 0.1) is 6.54 Å². The van der Waals surface area contributed by atoms with Gasteiger partial charge in [-0.15, -0.1) is 11.3 Å². The first-order chi connectivity index (χ1) is 10.5. The number of rotatable bonds is 6. The molecule has 118 valence electrons. The highest BCUT2D eigenvalue weighted by molar-refractivity contribution is 7.97. The zero-order valence-electron chi connectivity index (χ0n) is 12.6. The molecule has 2 amide bonds. The molecule has 6 heteroatoms. The number of urea groups is 1. The van der Waals surface area contributed by atoms with Crippen molar-refractivity contribution in [1.82, 2.24) is 5.32 Å². The molecule has 4 nitrogen and oxygen atoms in total. The van der Waals surface area contributed by atoms with Crippen LogP contribution in [-0.4, -0.2) is 23.9 Å². The Morgan fingerprint density at radius 3 is 2.86 bits per heavy atom. The summed E-state index contributed by atoms with van der Waals surface area (Å²) in [4.78, 5) is 12.8. The SMILES string of the molecule is CSCc1cccc(NC(=O)NC[C@@](C)(O)c2cccs2)c1. The summed E-state index contributed by atoms with van der Waals surface area (Å²) in [6.45, 7) is 1.85. The van der Waals surface area contributed by atoms with Gasteiger partial charge in [-0.25, -0.2) is 4.79 Å². The topological polar surface area (TPSA) is 61.4 Å². The number of thioether (sulfide) groups is 1. The standard InChI is InChI=1S/C16H20N2O2S2/c1-16(20,14-7-4-8-22-14)11-17-15(19)18-13-6-3-5-12(9-13)10-21-2/h3-9,20H,10-11H2,1-2H3,(H2,17,18,19)/t16-/m1/s1. The highest BCUT2D eigenvalue weighted by Gasteiger charge is 2.24. The molecule has 0 spiro atoms. The normalized spacial score (nSPS) is 13.4. The maximum atomic E-state index is 12.0. The Morgan fingerprint density at radius 2 is 2.18 bits per heavy atom. The second kappa shape index (κ2) is 7.67. The van der Waals surface area contributed by atoms with Crippen LogP contribution in [0.15, 0.2) is 41.8 Å². The minimum Gasteiger partial charge on any atom is -0.383 e. The number of hydrogen-bond acceptors (Lipinski definition) is 4. The van der Waals surface area contributed by atoms with E-state index in [1.165, 1.54) is 11.3 Å². The Balaban J connectivity index is 1.89. The minimum absolute atomic E-state index is 0.157. The van der Waals surface area contributed by atoms with Crippen molar-refractivity contribution in [2.24, 2.45) is 0 Å². The first-order valence-corrected chi connectivity index (χ1v) is 9.18. The molecule has 0 fully saturated rings. The maximum Gasteiger partial charge on any atom is 0.319 e. The number of amides is 2. The van der Waals surface area contributed by atoms with E-state index in [1.54, 1.807) is 18.7 Å². The molecule has 0 aliphatic rings. The summed E-state index contributed by atoms with van der Waals surface area (Å²) in [6.07, 6.45) is 2.04. The zero-order chi connectivity index (χ0) is 16.0. The predicted molar refractivity (Wildman–Crippen MR) is 94.6 cm³/mol. The van der Waals surface area contributed by atoms with E-state index in [2.05, 4.69) is 10.6 Å². The number of benzene rings is 1. The lowest BCUT2D eigenvalue weighted by Crippen LogP contribution is -2.40. The molecule has 0 aliphatic heterocycles. The fourth-order valence-corrected chi connectivity index (χ4v) is 3.31. The third-order valence-corrected chi connectivity index (χ3v) is 4.89. The molecule has 2 rings (SSSR count). The molecule has 0 aliphatic carbocycles. The molecule has 0 saturated heterocycles. The van der Waals surface area contributed by atoms with Gasteiger partial charge in [0, 0.05) is 16.3 Å². The summed E-state index contributed by atoms with van der Waals surface area (Å²) in [7, 11) is 0. The Labute approximate surface area is 138 Å². The summed E-state index contributed by atoms with van der Waals surface area (Å²) >= 11 is 3.20. The Morgan fingerprint density at radius 1 is 1.36 bits per heavy atom. The number of carbonyl (C=O) groups excluding carboxylic acids is 1. The Bertz CT molecular complexity index is 612. The molecule has 0 radical (unpaired) electrons. The van der Waals surface area contributed by atoms with Gasteiger partial charge in [0.2, 0.25) is 0 Å². The van der Waals surface area contributed by atoms with Crippen molar-refractivity contribution in [3.05, 3.63) is 52.2 Å². The number of nitrogens with one attached hydrogen (secondary N) is 2. The van der Waals surface area contributed by atoms with Crippen LogP contribution in [0.2, 0.25) is 0 Å². The summed E-state index contributed by atoms with van der Waals surface area (Å²) in [6, 6.07) is 11.2. The molecule has 2 aromatic rings. The average molecular weight is 336 g/mol. The molecule has 22 heavy (non-hydrogen) atoms. The van der Waals surface area contributed by atoms with E-state index in [1.807, 2.05) is 48.0 Å². The van der Waals surface area contributed by atoms with Crippen LogP contribution in [0.25, 0.3) is 0 Å². The first-order valence-electron chi connectivity index (χ1n) is 6.90. The van der Waals surface area contributed by atoms with Gasteiger partial charge >= 0.3 is 6.03 Å². The van der Waals surface area contributed by atoms with Crippen molar-refractivity contribution in [3.63, 3.8) is 0 Å². The molecule has 3 N–H and O–H groups in total. The summed E-state index contributed by atoms with van der Waals surface area (Å²) < 4.78 is 0. The van der Waals surface area contributed by atoms with Crippen molar-refractivity contribution in [1.29, 1.82) is 0 Å².